The molecule has 0 bridgehead atoms. The predicted octanol–water partition coefficient (Wildman–Crippen LogP) is 2.03. The monoisotopic (exact) mass is 512 g/mol. The largest absolute Gasteiger partial charge is 0.510 e. The van der Waals surface area contributed by atoms with Gasteiger partial charge in [0.25, 0.3) is 5.91 Å². The van der Waals surface area contributed by atoms with Gasteiger partial charge in [0.05, 0.1) is 11.6 Å². The molecule has 0 saturated carbocycles. The minimum atomic E-state index is -2.65. The lowest BCUT2D eigenvalue weighted by molar-refractivity contribution is -0.148. The van der Waals surface area contributed by atoms with Gasteiger partial charge in [-0.2, -0.15) is 0 Å². The maximum absolute atomic E-state index is 13.7. The molecule has 0 saturated heterocycles. The van der Waals surface area contributed by atoms with Crippen molar-refractivity contribution in [1.82, 2.24) is 4.90 Å². The highest BCUT2D eigenvalue weighted by Gasteiger charge is 2.63. The SMILES string of the molecule is CN(C)[C@H]1C(O)=C(C(N)=O)C(=O)[C@]2(O)C(O)=C3C(=O)c4c(O)ccc(C5=CC=C(Cl)C5)c4C[C@@H]3C[C@H]12. The van der Waals surface area contributed by atoms with Gasteiger partial charge in [0.2, 0.25) is 5.78 Å². The van der Waals surface area contributed by atoms with Crippen LogP contribution in [0, 0.1) is 11.8 Å². The number of primary amides is 1. The zero-order valence-corrected chi connectivity index (χ0v) is 20.3. The van der Waals surface area contributed by atoms with E-state index in [1.54, 1.807) is 26.2 Å². The Balaban J connectivity index is 1.71. The third kappa shape index (κ3) is 3.13. The van der Waals surface area contributed by atoms with Gasteiger partial charge in [-0.05, 0) is 61.7 Å². The number of benzene rings is 1. The average Bonchev–Trinajstić information content (AvgIpc) is 3.22. The number of amides is 1. The minimum absolute atomic E-state index is 0.0165. The molecule has 0 heterocycles. The molecule has 6 N–H and O–H groups in total. The van der Waals surface area contributed by atoms with Crippen molar-refractivity contribution in [2.45, 2.75) is 30.9 Å². The standard InChI is InChI=1S/C26H25ClN2O7/c1-29(2)20-15-9-11-8-14-13(10-3-4-12(27)7-10)5-6-16(30)18(14)21(31)17(11)23(33)26(15,36)24(34)19(22(20)32)25(28)35/h3-6,11,15,20,30,32-33,36H,7-9H2,1-2H3,(H2,28,35)/t11-,15-,20-,26-/m1/s1. The number of Topliss-reactive ketones (excluding diaryl/α,β-unsaturated/α-hetero) is 2. The summed E-state index contributed by atoms with van der Waals surface area (Å²) in [5.74, 6) is -6.67. The average molecular weight is 513 g/mol. The Labute approximate surface area is 211 Å². The van der Waals surface area contributed by atoms with E-state index in [-0.39, 0.29) is 29.7 Å². The molecule has 1 amide bonds. The van der Waals surface area contributed by atoms with E-state index in [0.717, 1.165) is 11.1 Å². The Morgan fingerprint density at radius 3 is 2.44 bits per heavy atom. The fraction of sp³-hybridized carbons (Fsp3) is 0.346. The molecular formula is C26H25ClN2O7. The maximum Gasteiger partial charge on any atom is 0.255 e. The molecule has 4 atom stereocenters. The highest BCUT2D eigenvalue weighted by atomic mass is 35.5. The molecule has 9 nitrogen and oxygen atoms in total. The van der Waals surface area contributed by atoms with E-state index in [1.165, 1.54) is 11.0 Å². The number of rotatable bonds is 3. The van der Waals surface area contributed by atoms with Crippen molar-refractivity contribution in [2.75, 3.05) is 14.1 Å². The first kappa shape index (κ1) is 24.3. The summed E-state index contributed by atoms with van der Waals surface area (Å²) in [5.41, 5.74) is 3.86. The molecule has 0 fully saturated rings. The van der Waals surface area contributed by atoms with Crippen molar-refractivity contribution in [1.29, 1.82) is 0 Å². The molecule has 5 rings (SSSR count). The van der Waals surface area contributed by atoms with Gasteiger partial charge >= 0.3 is 0 Å². The summed E-state index contributed by atoms with van der Waals surface area (Å²) in [6.45, 7) is 0. The molecule has 0 unspecified atom stereocenters. The number of nitrogens with two attached hydrogens (primary N) is 1. The van der Waals surface area contributed by atoms with Gasteiger partial charge in [-0.3, -0.25) is 19.3 Å². The van der Waals surface area contributed by atoms with E-state index < -0.39 is 58.0 Å². The molecule has 1 aromatic rings. The van der Waals surface area contributed by atoms with E-state index >= 15 is 0 Å². The van der Waals surface area contributed by atoms with Crippen molar-refractivity contribution in [2.24, 2.45) is 17.6 Å². The van der Waals surface area contributed by atoms with E-state index in [1.807, 2.05) is 6.08 Å². The summed E-state index contributed by atoms with van der Waals surface area (Å²) in [4.78, 5) is 40.6. The fourth-order valence-corrected chi connectivity index (χ4v) is 6.43. The normalized spacial score (nSPS) is 29.6. The number of phenolic OH excluding ortho intramolecular Hbond substituents is 1. The number of hydrogen-bond donors (Lipinski definition) is 5. The molecule has 0 aliphatic heterocycles. The zero-order valence-electron chi connectivity index (χ0n) is 19.6. The summed E-state index contributed by atoms with van der Waals surface area (Å²) in [6.07, 6.45) is 4.35. The Hall–Kier alpha value is -3.40. The van der Waals surface area contributed by atoms with Crippen molar-refractivity contribution >= 4 is 34.6 Å². The van der Waals surface area contributed by atoms with Crippen LogP contribution in [0.15, 0.2) is 52.0 Å². The van der Waals surface area contributed by atoms with Gasteiger partial charge in [-0.25, -0.2) is 0 Å². The third-order valence-corrected chi connectivity index (χ3v) is 8.04. The number of hydrogen-bond acceptors (Lipinski definition) is 8. The second kappa shape index (κ2) is 8.06. The van der Waals surface area contributed by atoms with Crippen LogP contribution in [-0.4, -0.2) is 68.5 Å². The molecule has 0 radical (unpaired) electrons. The smallest absolute Gasteiger partial charge is 0.255 e. The number of carbonyl (C=O) groups is 3. The first-order valence-corrected chi connectivity index (χ1v) is 11.8. The summed E-state index contributed by atoms with van der Waals surface area (Å²) in [7, 11) is 3.18. The Morgan fingerprint density at radius 1 is 1.17 bits per heavy atom. The first-order chi connectivity index (χ1) is 16.9. The van der Waals surface area contributed by atoms with E-state index in [4.69, 9.17) is 17.3 Å². The second-order valence-electron chi connectivity index (χ2n) is 9.93. The number of likely N-dealkylation sites (N-methyl/N-ethyl adjacent to an activating group) is 1. The maximum atomic E-state index is 13.7. The lowest BCUT2D eigenvalue weighted by Gasteiger charge is -2.50. The summed E-state index contributed by atoms with van der Waals surface area (Å²) in [5, 5.41) is 45.0. The minimum Gasteiger partial charge on any atom is -0.510 e. The number of carbonyl (C=O) groups excluding carboxylic acids is 3. The van der Waals surface area contributed by atoms with Crippen LogP contribution in [0.4, 0.5) is 0 Å². The van der Waals surface area contributed by atoms with E-state index in [0.29, 0.717) is 17.0 Å². The molecule has 1 aromatic carbocycles. The van der Waals surface area contributed by atoms with Crippen LogP contribution in [0.1, 0.15) is 34.3 Å². The second-order valence-corrected chi connectivity index (χ2v) is 10.4. The highest BCUT2D eigenvalue weighted by molar-refractivity contribution is 6.31. The molecular weight excluding hydrogens is 488 g/mol. The highest BCUT2D eigenvalue weighted by Crippen LogP contribution is 2.53. The number of halogens is 1. The summed E-state index contributed by atoms with van der Waals surface area (Å²) < 4.78 is 0. The molecule has 10 heteroatoms. The fourth-order valence-electron chi connectivity index (χ4n) is 6.23. The van der Waals surface area contributed by atoms with Gasteiger partial charge in [0.15, 0.2) is 11.4 Å². The number of aromatic hydroxyl groups is 1. The number of ketones is 2. The predicted molar refractivity (Wildman–Crippen MR) is 130 cm³/mol. The quantitative estimate of drug-likeness (QED) is 0.384. The topological polar surface area (TPSA) is 161 Å². The van der Waals surface area contributed by atoms with Crippen LogP contribution in [0.3, 0.4) is 0 Å². The van der Waals surface area contributed by atoms with E-state index in [9.17, 15) is 34.8 Å². The van der Waals surface area contributed by atoms with Gasteiger partial charge in [0.1, 0.15) is 22.8 Å². The summed E-state index contributed by atoms with van der Waals surface area (Å²) >= 11 is 6.16. The molecule has 188 valence electrons. The number of phenols is 1. The summed E-state index contributed by atoms with van der Waals surface area (Å²) in [6, 6.07) is 2.07. The van der Waals surface area contributed by atoms with Crippen LogP contribution >= 0.6 is 11.6 Å². The lowest BCUT2D eigenvalue weighted by Crippen LogP contribution is -2.63. The number of allylic oxidation sites excluding steroid dienone is 5. The zero-order chi connectivity index (χ0) is 26.3. The van der Waals surface area contributed by atoms with Crippen LogP contribution in [0.25, 0.3) is 5.57 Å². The number of nitrogens with zero attached hydrogens (tertiary/aromatic N) is 1. The Morgan fingerprint density at radius 2 is 1.86 bits per heavy atom. The molecule has 36 heavy (non-hydrogen) atoms. The molecule has 4 aliphatic rings. The van der Waals surface area contributed by atoms with Gasteiger partial charge < -0.3 is 26.2 Å². The van der Waals surface area contributed by atoms with Crippen LogP contribution in [-0.2, 0) is 16.0 Å². The Kier molecular flexibility index (Phi) is 5.44. The molecule has 4 aliphatic carbocycles. The van der Waals surface area contributed by atoms with Crippen molar-refractivity contribution in [3.63, 3.8) is 0 Å². The van der Waals surface area contributed by atoms with Crippen LogP contribution in [0.5, 0.6) is 5.75 Å². The molecule has 0 aromatic heterocycles. The van der Waals surface area contributed by atoms with Gasteiger partial charge in [0, 0.05) is 22.9 Å². The number of aliphatic hydroxyl groups excluding tert-OH is 2. The number of fused-ring (bicyclic) bond motifs is 3. The first-order valence-electron chi connectivity index (χ1n) is 11.4. The Bertz CT molecular complexity index is 1390. The number of aliphatic hydroxyl groups is 3. The van der Waals surface area contributed by atoms with Gasteiger partial charge in [-0.1, -0.05) is 23.7 Å². The van der Waals surface area contributed by atoms with Crippen molar-refractivity contribution < 1.29 is 34.8 Å². The van der Waals surface area contributed by atoms with Crippen molar-refractivity contribution in [3.05, 3.63) is 68.7 Å². The van der Waals surface area contributed by atoms with Crippen LogP contribution in [0.2, 0.25) is 0 Å². The van der Waals surface area contributed by atoms with E-state index in [2.05, 4.69) is 0 Å². The van der Waals surface area contributed by atoms with Crippen LogP contribution < -0.4 is 5.73 Å². The third-order valence-electron chi connectivity index (χ3n) is 7.78. The van der Waals surface area contributed by atoms with Crippen molar-refractivity contribution in [3.8, 4) is 5.75 Å². The molecule has 0 spiro atoms. The van der Waals surface area contributed by atoms with Gasteiger partial charge in [-0.15, -0.1) is 0 Å². The lowest BCUT2D eigenvalue weighted by atomic mass is 9.58.